The Balaban J connectivity index is 1.83. The van der Waals surface area contributed by atoms with Crippen molar-refractivity contribution < 1.29 is 24.0 Å². The van der Waals surface area contributed by atoms with Crippen LogP contribution in [0.3, 0.4) is 0 Å². The van der Waals surface area contributed by atoms with Crippen LogP contribution in [-0.4, -0.2) is 50.2 Å². The Morgan fingerprint density at radius 1 is 1.23 bits per heavy atom. The van der Waals surface area contributed by atoms with Gasteiger partial charge in [-0.2, -0.15) is 0 Å². The highest BCUT2D eigenvalue weighted by atomic mass is 35.5. The number of hydrogen-bond donors (Lipinski definition) is 1. The van der Waals surface area contributed by atoms with E-state index in [-0.39, 0.29) is 10.7 Å². The summed E-state index contributed by atoms with van der Waals surface area (Å²) in [6.45, 7) is 2.40. The molecule has 0 bridgehead atoms. The van der Waals surface area contributed by atoms with Crippen molar-refractivity contribution >= 4 is 46.6 Å². The predicted octanol–water partition coefficient (Wildman–Crippen LogP) is 3.52. The summed E-state index contributed by atoms with van der Waals surface area (Å²) in [6, 6.07) is 9.18. The van der Waals surface area contributed by atoms with Crippen LogP contribution in [0.15, 0.2) is 42.5 Å². The first-order valence-electron chi connectivity index (χ1n) is 9.37. The number of nitrogens with zero attached hydrogens (tertiary/aromatic N) is 2. The maximum atomic E-state index is 12.5. The molecule has 0 aliphatic carbocycles. The monoisotopic (exact) mass is 445 g/mol. The van der Waals surface area contributed by atoms with Crippen LogP contribution >= 0.6 is 11.6 Å². The van der Waals surface area contributed by atoms with Gasteiger partial charge in [0, 0.05) is 25.2 Å². The number of morpholine rings is 1. The first-order valence-corrected chi connectivity index (χ1v) is 9.75. The second kappa shape index (κ2) is 10.1. The Labute approximate surface area is 183 Å². The molecular formula is C21H20ClN3O6. The van der Waals surface area contributed by atoms with Crippen molar-refractivity contribution in [2.45, 2.75) is 0 Å². The minimum absolute atomic E-state index is 0.0152. The van der Waals surface area contributed by atoms with E-state index in [0.717, 1.165) is 5.69 Å². The topological polar surface area (TPSA) is 111 Å². The molecule has 1 N–H and O–H groups in total. The number of nitrogens with one attached hydrogen (secondary N) is 1. The molecule has 2 aromatic rings. The summed E-state index contributed by atoms with van der Waals surface area (Å²) in [5.41, 5.74) is 1.70. The Hall–Kier alpha value is -3.43. The molecule has 0 atom stereocenters. The normalized spacial score (nSPS) is 13.8. The number of carbonyl (C=O) groups excluding carboxylic acids is 2. The lowest BCUT2D eigenvalue weighted by Crippen LogP contribution is -2.36. The molecule has 10 heteroatoms. The van der Waals surface area contributed by atoms with E-state index in [9.17, 15) is 19.7 Å². The fourth-order valence-electron chi connectivity index (χ4n) is 3.08. The highest BCUT2D eigenvalue weighted by molar-refractivity contribution is 6.32. The number of ether oxygens (including phenoxy) is 2. The summed E-state index contributed by atoms with van der Waals surface area (Å²) in [5.74, 6) is -0.984. The molecule has 2 aromatic carbocycles. The van der Waals surface area contributed by atoms with Gasteiger partial charge in [-0.3, -0.25) is 14.9 Å². The highest BCUT2D eigenvalue weighted by Crippen LogP contribution is 2.29. The number of carbonyl (C=O) groups is 2. The SMILES string of the molecule is COC(=O)c1ccc(N2CCOCC2)c(NC(=O)C=Cc2ccc(Cl)c([N+](=O)[O-])c2)c1. The average Bonchev–Trinajstić information content (AvgIpc) is 2.78. The molecule has 1 fully saturated rings. The number of nitro groups is 1. The standard InChI is InChI=1S/C21H20ClN3O6/c1-30-21(27)15-4-6-18(24-8-10-31-11-9-24)17(13-15)23-20(26)7-3-14-2-5-16(22)19(12-14)25(28)29/h2-7,12-13H,8-11H2,1H3,(H,23,26). The minimum Gasteiger partial charge on any atom is -0.465 e. The van der Waals surface area contributed by atoms with Crippen LogP contribution < -0.4 is 10.2 Å². The Bertz CT molecular complexity index is 1030. The number of methoxy groups -OCH3 is 1. The van der Waals surface area contributed by atoms with E-state index in [1.165, 1.54) is 31.4 Å². The average molecular weight is 446 g/mol. The lowest BCUT2D eigenvalue weighted by Gasteiger charge is -2.30. The van der Waals surface area contributed by atoms with E-state index in [1.54, 1.807) is 24.3 Å². The molecule has 0 saturated carbocycles. The molecule has 31 heavy (non-hydrogen) atoms. The Morgan fingerprint density at radius 3 is 2.65 bits per heavy atom. The third-order valence-electron chi connectivity index (χ3n) is 4.62. The largest absolute Gasteiger partial charge is 0.465 e. The second-order valence-corrected chi connectivity index (χ2v) is 7.02. The predicted molar refractivity (Wildman–Crippen MR) is 117 cm³/mol. The van der Waals surface area contributed by atoms with Crippen LogP contribution in [0, 0.1) is 10.1 Å². The minimum atomic E-state index is -0.591. The van der Waals surface area contributed by atoms with E-state index in [2.05, 4.69) is 5.32 Å². The summed E-state index contributed by atoms with van der Waals surface area (Å²) in [6.07, 6.45) is 2.69. The Kier molecular flexibility index (Phi) is 7.22. The maximum absolute atomic E-state index is 12.5. The number of hydrogen-bond acceptors (Lipinski definition) is 7. The molecule has 1 amide bonds. The number of benzene rings is 2. The van der Waals surface area contributed by atoms with E-state index in [1.807, 2.05) is 4.90 Å². The van der Waals surface area contributed by atoms with Gasteiger partial charge in [0.2, 0.25) is 5.91 Å². The van der Waals surface area contributed by atoms with Crippen molar-refractivity contribution in [3.63, 3.8) is 0 Å². The van der Waals surface area contributed by atoms with Gasteiger partial charge in [-0.25, -0.2) is 4.79 Å². The molecule has 1 heterocycles. The van der Waals surface area contributed by atoms with Crippen molar-refractivity contribution in [2.24, 2.45) is 0 Å². The van der Waals surface area contributed by atoms with Crippen molar-refractivity contribution in [1.82, 2.24) is 0 Å². The first-order chi connectivity index (χ1) is 14.9. The van der Waals surface area contributed by atoms with Gasteiger partial charge < -0.3 is 19.7 Å². The van der Waals surface area contributed by atoms with E-state index in [0.29, 0.717) is 43.1 Å². The van der Waals surface area contributed by atoms with Gasteiger partial charge >= 0.3 is 5.97 Å². The van der Waals surface area contributed by atoms with E-state index in [4.69, 9.17) is 21.1 Å². The van der Waals surface area contributed by atoms with Gasteiger partial charge in [-0.05, 0) is 35.9 Å². The molecule has 3 rings (SSSR count). The number of amides is 1. The van der Waals surface area contributed by atoms with Gasteiger partial charge in [-0.1, -0.05) is 17.7 Å². The second-order valence-electron chi connectivity index (χ2n) is 6.61. The molecule has 9 nitrogen and oxygen atoms in total. The summed E-state index contributed by atoms with van der Waals surface area (Å²) in [5, 5.41) is 13.8. The van der Waals surface area contributed by atoms with Gasteiger partial charge in [0.15, 0.2) is 0 Å². The van der Waals surface area contributed by atoms with Crippen molar-refractivity contribution in [3.05, 3.63) is 68.7 Å². The molecule has 1 saturated heterocycles. The molecule has 0 spiro atoms. The van der Waals surface area contributed by atoms with Crippen LogP contribution in [0.5, 0.6) is 0 Å². The first kappa shape index (κ1) is 22.3. The van der Waals surface area contributed by atoms with Crippen molar-refractivity contribution in [2.75, 3.05) is 43.6 Å². The number of esters is 1. The van der Waals surface area contributed by atoms with Crippen LogP contribution in [0.2, 0.25) is 5.02 Å². The summed E-state index contributed by atoms with van der Waals surface area (Å²) in [4.78, 5) is 36.9. The fourth-order valence-corrected chi connectivity index (χ4v) is 3.27. The van der Waals surface area contributed by atoms with Crippen LogP contribution in [0.4, 0.5) is 17.1 Å². The molecule has 0 unspecified atom stereocenters. The van der Waals surface area contributed by atoms with Crippen molar-refractivity contribution in [1.29, 1.82) is 0 Å². The zero-order chi connectivity index (χ0) is 22.4. The summed E-state index contributed by atoms with van der Waals surface area (Å²) >= 11 is 5.81. The highest BCUT2D eigenvalue weighted by Gasteiger charge is 2.18. The maximum Gasteiger partial charge on any atom is 0.337 e. The van der Waals surface area contributed by atoms with Crippen LogP contribution in [0.1, 0.15) is 15.9 Å². The third-order valence-corrected chi connectivity index (χ3v) is 4.94. The van der Waals surface area contributed by atoms with Gasteiger partial charge in [0.1, 0.15) is 5.02 Å². The molecule has 1 aliphatic rings. The van der Waals surface area contributed by atoms with Crippen molar-refractivity contribution in [3.8, 4) is 0 Å². The number of halogens is 1. The lowest BCUT2D eigenvalue weighted by atomic mass is 10.1. The zero-order valence-corrected chi connectivity index (χ0v) is 17.4. The van der Waals surface area contributed by atoms with Crippen LogP contribution in [-0.2, 0) is 14.3 Å². The number of rotatable bonds is 6. The quantitative estimate of drug-likeness (QED) is 0.313. The van der Waals surface area contributed by atoms with E-state index < -0.39 is 16.8 Å². The molecule has 0 aromatic heterocycles. The fraction of sp³-hybridized carbons (Fsp3) is 0.238. The summed E-state index contributed by atoms with van der Waals surface area (Å²) in [7, 11) is 1.28. The third kappa shape index (κ3) is 5.59. The van der Waals surface area contributed by atoms with Gasteiger partial charge in [0.25, 0.3) is 5.69 Å². The molecule has 0 radical (unpaired) electrons. The number of anilines is 2. The van der Waals surface area contributed by atoms with Crippen LogP contribution in [0.25, 0.3) is 6.08 Å². The number of nitro benzene ring substituents is 1. The van der Waals surface area contributed by atoms with Gasteiger partial charge in [0.05, 0.1) is 42.2 Å². The lowest BCUT2D eigenvalue weighted by molar-refractivity contribution is -0.384. The summed E-state index contributed by atoms with van der Waals surface area (Å²) < 4.78 is 10.1. The molecule has 162 valence electrons. The molecular weight excluding hydrogens is 426 g/mol. The molecule has 1 aliphatic heterocycles. The Morgan fingerprint density at radius 2 is 1.97 bits per heavy atom. The van der Waals surface area contributed by atoms with E-state index >= 15 is 0 Å². The van der Waals surface area contributed by atoms with Gasteiger partial charge in [-0.15, -0.1) is 0 Å². The zero-order valence-electron chi connectivity index (χ0n) is 16.7. The smallest absolute Gasteiger partial charge is 0.337 e.